The minimum atomic E-state index is -1.08. The lowest BCUT2D eigenvalue weighted by molar-refractivity contribution is 0.0689. The largest absolute Gasteiger partial charge is 0.477 e. The number of H-pyrrole nitrogens is 1. The SMILES string of the molecule is C/C(=N\O)c1n[nH]c(C(=O)O)c1C. The van der Waals surface area contributed by atoms with Gasteiger partial charge in [0, 0.05) is 5.56 Å². The Balaban J connectivity index is 3.21. The molecule has 0 amide bonds. The molecule has 1 aromatic heterocycles. The molecule has 13 heavy (non-hydrogen) atoms. The van der Waals surface area contributed by atoms with Crippen molar-refractivity contribution in [3.05, 3.63) is 17.0 Å². The van der Waals surface area contributed by atoms with Crippen molar-refractivity contribution < 1.29 is 15.1 Å². The van der Waals surface area contributed by atoms with Crippen LogP contribution in [-0.4, -0.2) is 32.2 Å². The first kappa shape index (κ1) is 9.24. The maximum atomic E-state index is 10.6. The molecular formula is C7H9N3O3. The van der Waals surface area contributed by atoms with Gasteiger partial charge in [-0.3, -0.25) is 5.10 Å². The molecule has 0 bridgehead atoms. The predicted molar refractivity (Wildman–Crippen MR) is 44.3 cm³/mol. The number of hydrogen-bond acceptors (Lipinski definition) is 4. The van der Waals surface area contributed by atoms with E-state index >= 15 is 0 Å². The molecule has 0 spiro atoms. The molecule has 1 rings (SSSR count). The zero-order valence-electron chi connectivity index (χ0n) is 7.20. The second-order valence-corrected chi connectivity index (χ2v) is 2.56. The number of hydrogen-bond donors (Lipinski definition) is 3. The van der Waals surface area contributed by atoms with E-state index in [0.717, 1.165) is 0 Å². The van der Waals surface area contributed by atoms with Crippen molar-refractivity contribution >= 4 is 11.7 Å². The lowest BCUT2D eigenvalue weighted by atomic mass is 10.1. The van der Waals surface area contributed by atoms with E-state index in [4.69, 9.17) is 10.3 Å². The molecule has 0 aliphatic carbocycles. The molecule has 0 saturated heterocycles. The molecular weight excluding hydrogens is 174 g/mol. The van der Waals surface area contributed by atoms with Crippen LogP contribution in [-0.2, 0) is 0 Å². The van der Waals surface area contributed by atoms with Crippen molar-refractivity contribution in [2.75, 3.05) is 0 Å². The third-order valence-electron chi connectivity index (χ3n) is 1.72. The van der Waals surface area contributed by atoms with Gasteiger partial charge in [-0.05, 0) is 13.8 Å². The molecule has 0 saturated carbocycles. The van der Waals surface area contributed by atoms with Gasteiger partial charge in [0.05, 0.1) is 0 Å². The van der Waals surface area contributed by atoms with Crippen molar-refractivity contribution in [3.8, 4) is 0 Å². The average molecular weight is 183 g/mol. The van der Waals surface area contributed by atoms with Crippen LogP contribution in [0.25, 0.3) is 0 Å². The molecule has 0 atom stereocenters. The van der Waals surface area contributed by atoms with Crippen molar-refractivity contribution in [3.63, 3.8) is 0 Å². The summed E-state index contributed by atoms with van der Waals surface area (Å²) in [5.41, 5.74) is 1.11. The van der Waals surface area contributed by atoms with Gasteiger partial charge in [0.15, 0.2) is 0 Å². The standard InChI is InChI=1S/C7H9N3O3/c1-3-5(4(2)10-13)8-9-6(3)7(11)12/h13H,1-2H3,(H,8,9)(H,11,12)/b10-4+. The zero-order valence-corrected chi connectivity index (χ0v) is 7.20. The second-order valence-electron chi connectivity index (χ2n) is 2.56. The van der Waals surface area contributed by atoms with Gasteiger partial charge in [-0.25, -0.2) is 4.79 Å². The Labute approximate surface area is 73.9 Å². The first-order valence-corrected chi connectivity index (χ1v) is 3.55. The van der Waals surface area contributed by atoms with E-state index in [1.54, 1.807) is 6.92 Å². The molecule has 0 unspecified atom stereocenters. The van der Waals surface area contributed by atoms with Crippen LogP contribution >= 0.6 is 0 Å². The summed E-state index contributed by atoms with van der Waals surface area (Å²) in [6, 6.07) is 0. The summed E-state index contributed by atoms with van der Waals surface area (Å²) in [7, 11) is 0. The van der Waals surface area contributed by atoms with Crippen LogP contribution in [0.3, 0.4) is 0 Å². The summed E-state index contributed by atoms with van der Waals surface area (Å²) in [5.74, 6) is -1.08. The number of aromatic carboxylic acids is 1. The van der Waals surface area contributed by atoms with Crippen molar-refractivity contribution in [2.24, 2.45) is 5.16 Å². The van der Waals surface area contributed by atoms with Crippen LogP contribution in [0.2, 0.25) is 0 Å². The van der Waals surface area contributed by atoms with Crippen molar-refractivity contribution in [1.29, 1.82) is 0 Å². The lowest BCUT2D eigenvalue weighted by Crippen LogP contribution is -2.01. The number of rotatable bonds is 2. The van der Waals surface area contributed by atoms with Crippen LogP contribution in [0.4, 0.5) is 0 Å². The van der Waals surface area contributed by atoms with Crippen LogP contribution < -0.4 is 0 Å². The van der Waals surface area contributed by atoms with E-state index < -0.39 is 5.97 Å². The van der Waals surface area contributed by atoms with Crippen LogP contribution in [0.15, 0.2) is 5.16 Å². The topological polar surface area (TPSA) is 98.6 Å². The maximum absolute atomic E-state index is 10.6. The zero-order chi connectivity index (χ0) is 10.0. The molecule has 6 nitrogen and oxygen atoms in total. The van der Waals surface area contributed by atoms with E-state index in [0.29, 0.717) is 11.3 Å². The fourth-order valence-corrected chi connectivity index (χ4v) is 1.01. The number of carboxylic acid groups (broad SMARTS) is 1. The number of nitrogens with zero attached hydrogens (tertiary/aromatic N) is 2. The normalized spacial score (nSPS) is 11.7. The Morgan fingerprint density at radius 3 is 2.62 bits per heavy atom. The van der Waals surface area contributed by atoms with Gasteiger partial charge in [0.1, 0.15) is 17.1 Å². The fraction of sp³-hybridized carbons (Fsp3) is 0.286. The molecule has 70 valence electrons. The first-order chi connectivity index (χ1) is 6.07. The van der Waals surface area contributed by atoms with Gasteiger partial charge < -0.3 is 10.3 Å². The van der Waals surface area contributed by atoms with Gasteiger partial charge in [-0.2, -0.15) is 5.10 Å². The highest BCUT2D eigenvalue weighted by molar-refractivity contribution is 6.00. The highest BCUT2D eigenvalue weighted by Crippen LogP contribution is 2.10. The highest BCUT2D eigenvalue weighted by atomic mass is 16.4. The molecule has 3 N–H and O–H groups in total. The van der Waals surface area contributed by atoms with E-state index in [1.165, 1.54) is 6.92 Å². The third kappa shape index (κ3) is 1.51. The number of nitrogens with one attached hydrogen (secondary N) is 1. The quantitative estimate of drug-likeness (QED) is 0.355. The summed E-state index contributed by atoms with van der Waals surface area (Å²) in [6.07, 6.45) is 0. The number of carbonyl (C=O) groups is 1. The summed E-state index contributed by atoms with van der Waals surface area (Å²) in [5, 5.41) is 26.1. The molecule has 0 aromatic carbocycles. The molecule has 6 heteroatoms. The smallest absolute Gasteiger partial charge is 0.354 e. The van der Waals surface area contributed by atoms with Crippen LogP contribution in [0.5, 0.6) is 0 Å². The molecule has 1 aromatic rings. The summed E-state index contributed by atoms with van der Waals surface area (Å²) in [6.45, 7) is 3.13. The summed E-state index contributed by atoms with van der Waals surface area (Å²) < 4.78 is 0. The summed E-state index contributed by atoms with van der Waals surface area (Å²) in [4.78, 5) is 10.6. The molecule has 0 aliphatic rings. The molecule has 0 fully saturated rings. The molecule has 1 heterocycles. The monoisotopic (exact) mass is 183 g/mol. The Bertz CT molecular complexity index is 367. The van der Waals surface area contributed by atoms with Gasteiger partial charge in [-0.1, -0.05) is 5.16 Å². The first-order valence-electron chi connectivity index (χ1n) is 3.55. The van der Waals surface area contributed by atoms with Gasteiger partial charge >= 0.3 is 5.97 Å². The third-order valence-corrected chi connectivity index (χ3v) is 1.72. The van der Waals surface area contributed by atoms with E-state index in [9.17, 15) is 4.79 Å². The number of oxime groups is 1. The van der Waals surface area contributed by atoms with Crippen molar-refractivity contribution in [1.82, 2.24) is 10.2 Å². The minimum Gasteiger partial charge on any atom is -0.477 e. The Hall–Kier alpha value is -1.85. The van der Waals surface area contributed by atoms with Gasteiger partial charge in [0.25, 0.3) is 0 Å². The van der Waals surface area contributed by atoms with Gasteiger partial charge in [0.2, 0.25) is 0 Å². The Morgan fingerprint density at radius 2 is 2.23 bits per heavy atom. The highest BCUT2D eigenvalue weighted by Gasteiger charge is 2.16. The van der Waals surface area contributed by atoms with Crippen LogP contribution in [0, 0.1) is 6.92 Å². The predicted octanol–water partition coefficient (Wildman–Crippen LogP) is 0.615. The number of carboxylic acids is 1. The number of aromatic amines is 1. The molecule has 0 radical (unpaired) electrons. The maximum Gasteiger partial charge on any atom is 0.354 e. The van der Waals surface area contributed by atoms with Gasteiger partial charge in [-0.15, -0.1) is 0 Å². The van der Waals surface area contributed by atoms with E-state index in [-0.39, 0.29) is 11.4 Å². The fourth-order valence-electron chi connectivity index (χ4n) is 1.01. The molecule has 0 aliphatic heterocycles. The van der Waals surface area contributed by atoms with Crippen molar-refractivity contribution in [2.45, 2.75) is 13.8 Å². The summed E-state index contributed by atoms with van der Waals surface area (Å²) >= 11 is 0. The average Bonchev–Trinajstić information content (AvgIpc) is 2.46. The number of aromatic nitrogens is 2. The van der Waals surface area contributed by atoms with Crippen LogP contribution in [0.1, 0.15) is 28.7 Å². The lowest BCUT2D eigenvalue weighted by Gasteiger charge is -1.93. The van der Waals surface area contributed by atoms with E-state index in [1.807, 2.05) is 0 Å². The Morgan fingerprint density at radius 1 is 1.62 bits per heavy atom. The second kappa shape index (κ2) is 3.26. The van der Waals surface area contributed by atoms with E-state index in [2.05, 4.69) is 15.4 Å². The minimum absolute atomic E-state index is 0.0120. The Kier molecular flexibility index (Phi) is 2.32.